The molecule has 0 bridgehead atoms. The Bertz CT molecular complexity index is 470. The van der Waals surface area contributed by atoms with Crippen molar-refractivity contribution in [2.45, 2.75) is 57.8 Å². The van der Waals surface area contributed by atoms with E-state index in [1.165, 1.54) is 12.8 Å². The first-order valence-corrected chi connectivity index (χ1v) is 6.96. The zero-order valence-corrected chi connectivity index (χ0v) is 12.1. The van der Waals surface area contributed by atoms with Gasteiger partial charge in [0.2, 0.25) is 0 Å². The molecule has 0 atom stereocenters. The van der Waals surface area contributed by atoms with E-state index >= 15 is 0 Å². The van der Waals surface area contributed by atoms with Crippen LogP contribution in [0.1, 0.15) is 40.5 Å². The quantitative estimate of drug-likeness (QED) is 0.843. The topological polar surface area (TPSA) is 43.4 Å². The van der Waals surface area contributed by atoms with Gasteiger partial charge in [-0.2, -0.15) is 0 Å². The summed E-state index contributed by atoms with van der Waals surface area (Å²) in [7, 11) is -0.383. The number of hydrogen-bond acceptors (Lipinski definition) is 4. The van der Waals surface area contributed by atoms with Gasteiger partial charge in [0.1, 0.15) is 5.82 Å². The summed E-state index contributed by atoms with van der Waals surface area (Å²) < 4.78 is 12.0. The average molecular weight is 260 g/mol. The molecule has 0 amide bonds. The van der Waals surface area contributed by atoms with E-state index in [9.17, 15) is 0 Å². The minimum Gasteiger partial charge on any atom is -0.398 e. The molecule has 2 fully saturated rings. The van der Waals surface area contributed by atoms with Crippen LogP contribution in [0.25, 0.3) is 0 Å². The van der Waals surface area contributed by atoms with E-state index < -0.39 is 0 Å². The van der Waals surface area contributed by atoms with E-state index in [0.29, 0.717) is 6.04 Å². The molecule has 0 spiro atoms. The maximum atomic E-state index is 6.01. The molecule has 4 nitrogen and oxygen atoms in total. The van der Waals surface area contributed by atoms with Gasteiger partial charge in [-0.15, -0.1) is 0 Å². The number of rotatable bonds is 3. The monoisotopic (exact) mass is 260 g/mol. The van der Waals surface area contributed by atoms with Crippen molar-refractivity contribution in [1.82, 2.24) is 4.98 Å². The Morgan fingerprint density at radius 1 is 1.16 bits per heavy atom. The van der Waals surface area contributed by atoms with E-state index in [-0.39, 0.29) is 18.3 Å². The molecule has 3 rings (SSSR count). The van der Waals surface area contributed by atoms with Gasteiger partial charge in [0, 0.05) is 6.04 Å². The molecule has 0 unspecified atom stereocenters. The molecule has 1 saturated carbocycles. The predicted molar refractivity (Wildman–Crippen MR) is 76.6 cm³/mol. The van der Waals surface area contributed by atoms with E-state index in [1.807, 2.05) is 18.2 Å². The van der Waals surface area contributed by atoms with Crippen LogP contribution in [-0.2, 0) is 9.31 Å². The predicted octanol–water partition coefficient (Wildman–Crippen LogP) is 1.96. The van der Waals surface area contributed by atoms with Crippen LogP contribution in [0.2, 0.25) is 0 Å². The lowest BCUT2D eigenvalue weighted by Gasteiger charge is -2.32. The van der Waals surface area contributed by atoms with Gasteiger partial charge >= 0.3 is 7.12 Å². The highest BCUT2D eigenvalue weighted by atomic mass is 16.7. The fourth-order valence-corrected chi connectivity index (χ4v) is 2.06. The first-order valence-electron chi connectivity index (χ1n) is 6.96. The maximum absolute atomic E-state index is 6.01. The highest BCUT2D eigenvalue weighted by Crippen LogP contribution is 2.36. The lowest BCUT2D eigenvalue weighted by Crippen LogP contribution is -2.41. The molecule has 19 heavy (non-hydrogen) atoms. The summed E-state index contributed by atoms with van der Waals surface area (Å²) in [5, 5.41) is 3.40. The Morgan fingerprint density at radius 2 is 1.79 bits per heavy atom. The van der Waals surface area contributed by atoms with Crippen molar-refractivity contribution in [2.75, 3.05) is 5.32 Å². The highest BCUT2D eigenvalue weighted by Gasteiger charge is 2.52. The number of nitrogens with zero attached hydrogens (tertiary/aromatic N) is 1. The van der Waals surface area contributed by atoms with E-state index in [0.717, 1.165) is 11.4 Å². The van der Waals surface area contributed by atoms with Crippen LogP contribution < -0.4 is 10.9 Å². The second kappa shape index (κ2) is 4.22. The van der Waals surface area contributed by atoms with Gasteiger partial charge in [0.05, 0.1) is 16.8 Å². The van der Waals surface area contributed by atoms with E-state index in [4.69, 9.17) is 9.31 Å². The van der Waals surface area contributed by atoms with Crippen LogP contribution in [0.15, 0.2) is 18.2 Å². The molecular formula is C14H21BN2O2. The molecule has 5 heteroatoms. The van der Waals surface area contributed by atoms with Crippen LogP contribution in [0.4, 0.5) is 5.82 Å². The van der Waals surface area contributed by atoms with Crippen molar-refractivity contribution in [2.24, 2.45) is 0 Å². The fraction of sp³-hybridized carbons (Fsp3) is 0.643. The first-order chi connectivity index (χ1) is 8.87. The van der Waals surface area contributed by atoms with Crippen LogP contribution >= 0.6 is 0 Å². The van der Waals surface area contributed by atoms with Crippen molar-refractivity contribution >= 4 is 18.5 Å². The normalized spacial score (nSPS) is 24.5. The lowest BCUT2D eigenvalue weighted by molar-refractivity contribution is 0.00578. The van der Waals surface area contributed by atoms with E-state index in [1.54, 1.807) is 0 Å². The molecule has 1 saturated heterocycles. The van der Waals surface area contributed by atoms with Crippen LogP contribution in [0.3, 0.4) is 0 Å². The van der Waals surface area contributed by atoms with Crippen molar-refractivity contribution in [1.29, 1.82) is 0 Å². The number of anilines is 1. The third kappa shape index (κ3) is 2.49. The van der Waals surface area contributed by atoms with Crippen LogP contribution in [0.5, 0.6) is 0 Å². The summed E-state index contributed by atoms with van der Waals surface area (Å²) in [6, 6.07) is 6.55. The van der Waals surface area contributed by atoms with Crippen molar-refractivity contribution in [3.8, 4) is 0 Å². The smallest absolute Gasteiger partial charge is 0.398 e. The molecule has 1 aliphatic carbocycles. The summed E-state index contributed by atoms with van der Waals surface area (Å²) in [4.78, 5) is 4.60. The summed E-state index contributed by atoms with van der Waals surface area (Å²) in [5.41, 5.74) is 0.197. The zero-order chi connectivity index (χ0) is 13.7. The first kappa shape index (κ1) is 12.9. The Labute approximate surface area is 115 Å². The van der Waals surface area contributed by atoms with Gasteiger partial charge in [-0.25, -0.2) is 4.98 Å². The Hall–Kier alpha value is -1.07. The second-order valence-corrected chi connectivity index (χ2v) is 6.45. The average Bonchev–Trinajstić information content (AvgIpc) is 3.07. The summed E-state index contributed by atoms with van der Waals surface area (Å²) >= 11 is 0. The third-order valence-corrected chi connectivity index (χ3v) is 4.19. The SMILES string of the molecule is CC1(C)OB(c2cccc(NC3CC3)n2)OC1(C)C. The second-order valence-electron chi connectivity index (χ2n) is 6.45. The number of pyridine rings is 1. The Kier molecular flexibility index (Phi) is 2.87. The van der Waals surface area contributed by atoms with Gasteiger partial charge in [-0.1, -0.05) is 6.07 Å². The molecule has 1 aromatic heterocycles. The number of aromatic nitrogens is 1. The van der Waals surface area contributed by atoms with Crippen LogP contribution in [0, 0.1) is 0 Å². The molecular weight excluding hydrogens is 239 g/mol. The van der Waals surface area contributed by atoms with Gasteiger partial charge in [-0.05, 0) is 52.7 Å². The lowest BCUT2D eigenvalue weighted by atomic mass is 9.84. The van der Waals surface area contributed by atoms with Crippen molar-refractivity contribution < 1.29 is 9.31 Å². The van der Waals surface area contributed by atoms with Gasteiger partial charge in [0.15, 0.2) is 0 Å². The summed E-state index contributed by atoms with van der Waals surface area (Å²) in [5.74, 6) is 0.912. The molecule has 2 heterocycles. The molecule has 1 aromatic rings. The van der Waals surface area contributed by atoms with Crippen molar-refractivity contribution in [3.63, 3.8) is 0 Å². The molecule has 102 valence electrons. The fourth-order valence-electron chi connectivity index (χ4n) is 2.06. The highest BCUT2D eigenvalue weighted by molar-refractivity contribution is 6.61. The molecule has 0 aromatic carbocycles. The number of hydrogen-bond donors (Lipinski definition) is 1. The molecule has 0 radical (unpaired) electrons. The maximum Gasteiger partial charge on any atom is 0.514 e. The summed E-state index contributed by atoms with van der Waals surface area (Å²) in [6.07, 6.45) is 2.48. The molecule has 1 aliphatic heterocycles. The largest absolute Gasteiger partial charge is 0.514 e. The molecule has 1 N–H and O–H groups in total. The number of nitrogens with one attached hydrogen (secondary N) is 1. The standard InChI is InChI=1S/C14H21BN2O2/c1-13(2)14(3,4)19-15(18-13)11-6-5-7-12(17-11)16-10-8-9-10/h5-7,10H,8-9H2,1-4H3,(H,16,17). The van der Waals surface area contributed by atoms with Gasteiger partial charge in [0.25, 0.3) is 0 Å². The van der Waals surface area contributed by atoms with Gasteiger partial charge < -0.3 is 14.6 Å². The minimum atomic E-state index is -0.383. The zero-order valence-electron chi connectivity index (χ0n) is 12.1. The van der Waals surface area contributed by atoms with Gasteiger partial charge in [-0.3, -0.25) is 0 Å². The van der Waals surface area contributed by atoms with Crippen LogP contribution in [-0.4, -0.2) is 29.3 Å². The van der Waals surface area contributed by atoms with Crippen molar-refractivity contribution in [3.05, 3.63) is 18.2 Å². The molecule has 2 aliphatic rings. The Morgan fingerprint density at radius 3 is 2.37 bits per heavy atom. The summed E-state index contributed by atoms with van der Waals surface area (Å²) in [6.45, 7) is 8.22. The Balaban J connectivity index is 1.79. The van der Waals surface area contributed by atoms with E-state index in [2.05, 4.69) is 38.0 Å². The minimum absolute atomic E-state index is 0.320. The third-order valence-electron chi connectivity index (χ3n) is 4.19.